The largest absolute Gasteiger partial charge is 0.381 e. The monoisotopic (exact) mass is 307 g/mol. The molecule has 1 N–H and O–H groups in total. The second-order valence-electron chi connectivity index (χ2n) is 6.64. The summed E-state index contributed by atoms with van der Waals surface area (Å²) in [6, 6.07) is 0. The number of hydrogen-bond donors (Lipinski definition) is 1. The topological polar surface area (TPSA) is 38.6 Å². The second-order valence-corrected chi connectivity index (χ2v) is 7.51. The molecule has 5 heteroatoms. The Labute approximate surface area is 130 Å². The van der Waals surface area contributed by atoms with Crippen LogP contribution in [0.1, 0.15) is 32.4 Å². The van der Waals surface area contributed by atoms with Crippen molar-refractivity contribution < 1.29 is 4.74 Å². The van der Waals surface area contributed by atoms with Crippen LogP contribution < -0.4 is 5.32 Å². The number of nitrogens with zero attached hydrogens (tertiary/aromatic N) is 2. The minimum absolute atomic E-state index is 0.303. The summed E-state index contributed by atoms with van der Waals surface area (Å²) >= 11 is 1.70. The van der Waals surface area contributed by atoms with Crippen molar-refractivity contribution in [2.75, 3.05) is 26.3 Å². The fourth-order valence-electron chi connectivity index (χ4n) is 3.09. The first kappa shape index (κ1) is 15.0. The van der Waals surface area contributed by atoms with Gasteiger partial charge < -0.3 is 10.1 Å². The molecule has 0 amide bonds. The highest BCUT2D eigenvalue weighted by molar-refractivity contribution is 7.15. The van der Waals surface area contributed by atoms with Crippen LogP contribution in [0.2, 0.25) is 0 Å². The number of ether oxygens (including phenoxy) is 1. The highest BCUT2D eigenvalue weighted by Crippen LogP contribution is 2.34. The van der Waals surface area contributed by atoms with Crippen molar-refractivity contribution in [3.63, 3.8) is 0 Å². The molecule has 3 rings (SSSR count). The van der Waals surface area contributed by atoms with Crippen molar-refractivity contribution >= 4 is 16.3 Å². The Morgan fingerprint density at radius 2 is 2.24 bits per heavy atom. The van der Waals surface area contributed by atoms with Gasteiger partial charge in [-0.3, -0.25) is 4.40 Å². The van der Waals surface area contributed by atoms with E-state index >= 15 is 0 Å². The van der Waals surface area contributed by atoms with Gasteiger partial charge in [0, 0.05) is 37.5 Å². The smallest absolute Gasteiger partial charge is 0.193 e. The molecular formula is C16H25N3OS. The molecule has 4 nitrogen and oxygen atoms in total. The van der Waals surface area contributed by atoms with Gasteiger partial charge in [-0.15, -0.1) is 11.3 Å². The van der Waals surface area contributed by atoms with E-state index in [4.69, 9.17) is 9.72 Å². The summed E-state index contributed by atoms with van der Waals surface area (Å²) in [6.07, 6.45) is 7.58. The normalized spacial score (nSPS) is 18.6. The average Bonchev–Trinajstić information content (AvgIpc) is 3.00. The first-order chi connectivity index (χ1) is 10.2. The minimum atomic E-state index is 0.303. The molecule has 21 heavy (non-hydrogen) atoms. The Kier molecular flexibility index (Phi) is 4.62. The number of aromatic nitrogens is 2. The first-order valence-corrected chi connectivity index (χ1v) is 8.74. The Hall–Kier alpha value is -0.910. The van der Waals surface area contributed by atoms with Crippen LogP contribution in [0.15, 0.2) is 17.8 Å². The predicted octanol–water partition coefficient (Wildman–Crippen LogP) is 2.98. The van der Waals surface area contributed by atoms with Crippen molar-refractivity contribution in [1.29, 1.82) is 0 Å². The van der Waals surface area contributed by atoms with E-state index in [1.807, 2.05) is 0 Å². The molecule has 0 atom stereocenters. The van der Waals surface area contributed by atoms with Crippen LogP contribution in [0.3, 0.4) is 0 Å². The predicted molar refractivity (Wildman–Crippen MR) is 87.0 cm³/mol. The lowest BCUT2D eigenvalue weighted by Gasteiger charge is -2.37. The number of imidazole rings is 1. The fraction of sp³-hybridized carbons (Fsp3) is 0.688. The van der Waals surface area contributed by atoms with E-state index in [0.717, 1.165) is 50.5 Å². The zero-order chi connectivity index (χ0) is 14.7. The van der Waals surface area contributed by atoms with Crippen LogP contribution >= 0.6 is 11.3 Å². The number of thiazole rings is 1. The highest BCUT2D eigenvalue weighted by atomic mass is 32.1. The van der Waals surface area contributed by atoms with Gasteiger partial charge in [0.15, 0.2) is 4.96 Å². The average molecular weight is 307 g/mol. The lowest BCUT2D eigenvalue weighted by molar-refractivity contribution is 0.0143. The molecule has 0 radical (unpaired) electrons. The standard InChI is InChI=1S/C16H25N3OS/c1-13(2)10-17-12-16(3-6-20-7-4-16)9-14-11-19-5-8-21-15(19)18-14/h5,8,11,13,17H,3-4,6-7,9-10,12H2,1-2H3. The molecule has 0 bridgehead atoms. The maximum atomic E-state index is 5.58. The van der Waals surface area contributed by atoms with Gasteiger partial charge in [-0.2, -0.15) is 0 Å². The van der Waals surface area contributed by atoms with Crippen LogP contribution in [0, 0.1) is 11.3 Å². The molecule has 2 aromatic rings. The van der Waals surface area contributed by atoms with Crippen molar-refractivity contribution in [2.24, 2.45) is 11.3 Å². The second kappa shape index (κ2) is 6.46. The van der Waals surface area contributed by atoms with Crippen LogP contribution in [-0.4, -0.2) is 35.7 Å². The Balaban J connectivity index is 1.70. The maximum absolute atomic E-state index is 5.58. The Morgan fingerprint density at radius 1 is 1.43 bits per heavy atom. The van der Waals surface area contributed by atoms with E-state index in [9.17, 15) is 0 Å². The third-order valence-corrected chi connectivity index (χ3v) is 5.08. The molecule has 1 aliphatic heterocycles. The van der Waals surface area contributed by atoms with Gasteiger partial charge >= 0.3 is 0 Å². The molecule has 3 heterocycles. The third kappa shape index (κ3) is 3.65. The molecule has 1 fully saturated rings. The van der Waals surface area contributed by atoms with Gasteiger partial charge in [-0.05, 0) is 37.1 Å². The van der Waals surface area contributed by atoms with Crippen LogP contribution in [-0.2, 0) is 11.2 Å². The number of hydrogen-bond acceptors (Lipinski definition) is 4. The molecule has 116 valence electrons. The summed E-state index contributed by atoms with van der Waals surface area (Å²) in [4.78, 5) is 5.87. The molecular weight excluding hydrogens is 282 g/mol. The Bertz CT molecular complexity index is 540. The molecule has 0 spiro atoms. The van der Waals surface area contributed by atoms with E-state index in [1.165, 1.54) is 5.69 Å². The zero-order valence-corrected chi connectivity index (χ0v) is 13.8. The molecule has 0 aromatic carbocycles. The summed E-state index contributed by atoms with van der Waals surface area (Å²) in [5, 5.41) is 5.74. The van der Waals surface area contributed by atoms with E-state index in [0.29, 0.717) is 11.3 Å². The van der Waals surface area contributed by atoms with Crippen LogP contribution in [0.5, 0.6) is 0 Å². The molecule has 0 unspecified atom stereocenters. The van der Waals surface area contributed by atoms with E-state index in [2.05, 4.69) is 41.3 Å². The van der Waals surface area contributed by atoms with Crippen molar-refractivity contribution in [3.05, 3.63) is 23.5 Å². The molecule has 2 aromatic heterocycles. The van der Waals surface area contributed by atoms with Crippen molar-refractivity contribution in [3.8, 4) is 0 Å². The summed E-state index contributed by atoms with van der Waals surface area (Å²) in [5.41, 5.74) is 1.52. The summed E-state index contributed by atoms with van der Waals surface area (Å²) in [7, 11) is 0. The SMILES string of the molecule is CC(C)CNCC1(Cc2cn3ccsc3n2)CCOCC1. The Morgan fingerprint density at radius 3 is 2.95 bits per heavy atom. The minimum Gasteiger partial charge on any atom is -0.381 e. The molecule has 1 saturated heterocycles. The fourth-order valence-corrected chi connectivity index (χ4v) is 3.81. The van der Waals surface area contributed by atoms with Gasteiger partial charge in [-0.1, -0.05) is 13.8 Å². The maximum Gasteiger partial charge on any atom is 0.193 e. The van der Waals surface area contributed by atoms with Gasteiger partial charge in [0.25, 0.3) is 0 Å². The lowest BCUT2D eigenvalue weighted by atomic mass is 9.76. The number of fused-ring (bicyclic) bond motifs is 1. The van der Waals surface area contributed by atoms with E-state index in [-0.39, 0.29) is 0 Å². The van der Waals surface area contributed by atoms with Gasteiger partial charge in [-0.25, -0.2) is 4.98 Å². The van der Waals surface area contributed by atoms with E-state index in [1.54, 1.807) is 11.3 Å². The zero-order valence-electron chi connectivity index (χ0n) is 13.0. The van der Waals surface area contributed by atoms with Crippen LogP contribution in [0.4, 0.5) is 0 Å². The summed E-state index contributed by atoms with van der Waals surface area (Å²) in [5.74, 6) is 0.694. The van der Waals surface area contributed by atoms with Crippen molar-refractivity contribution in [2.45, 2.75) is 33.1 Å². The van der Waals surface area contributed by atoms with Crippen LogP contribution in [0.25, 0.3) is 4.96 Å². The molecule has 0 saturated carbocycles. The summed E-state index contributed by atoms with van der Waals surface area (Å²) in [6.45, 7) is 8.43. The summed E-state index contributed by atoms with van der Waals surface area (Å²) < 4.78 is 7.72. The first-order valence-electron chi connectivity index (χ1n) is 7.86. The number of rotatable bonds is 6. The third-order valence-electron chi connectivity index (χ3n) is 4.31. The number of nitrogens with one attached hydrogen (secondary N) is 1. The van der Waals surface area contributed by atoms with Gasteiger partial charge in [0.05, 0.1) is 5.69 Å². The molecule has 0 aliphatic carbocycles. The lowest BCUT2D eigenvalue weighted by Crippen LogP contribution is -2.41. The molecule has 1 aliphatic rings. The quantitative estimate of drug-likeness (QED) is 0.891. The highest BCUT2D eigenvalue weighted by Gasteiger charge is 2.33. The van der Waals surface area contributed by atoms with Gasteiger partial charge in [0.2, 0.25) is 0 Å². The van der Waals surface area contributed by atoms with E-state index < -0.39 is 0 Å². The van der Waals surface area contributed by atoms with Gasteiger partial charge in [0.1, 0.15) is 0 Å². The van der Waals surface area contributed by atoms with Crippen molar-refractivity contribution in [1.82, 2.24) is 14.7 Å².